The minimum atomic E-state index is -0.993. The monoisotopic (exact) mass is 279 g/mol. The van der Waals surface area contributed by atoms with E-state index in [2.05, 4.69) is 12.2 Å². The van der Waals surface area contributed by atoms with Gasteiger partial charge >= 0.3 is 5.97 Å². The molecule has 1 saturated carbocycles. The number of carboxylic acids is 1. The first-order chi connectivity index (χ1) is 9.61. The summed E-state index contributed by atoms with van der Waals surface area (Å²) in [6, 6.07) is 2.33. The summed E-state index contributed by atoms with van der Waals surface area (Å²) in [6.45, 7) is 4.60. The summed E-state index contributed by atoms with van der Waals surface area (Å²) < 4.78 is 5.40. The van der Waals surface area contributed by atoms with E-state index in [0.717, 1.165) is 12.3 Å². The van der Waals surface area contributed by atoms with Crippen molar-refractivity contribution >= 4 is 5.97 Å². The molecule has 112 valence electrons. The Labute approximate surface area is 120 Å². The standard InChI is InChI=1S/C16H25NO3/c1-3-14(12-7-5-4-6-8-12)17-10-13-9-11(2)15(20-13)16(18)19/h9,12,14,17H,3-8,10H2,1-2H3,(H,18,19). The van der Waals surface area contributed by atoms with Crippen LogP contribution in [0.2, 0.25) is 0 Å². The summed E-state index contributed by atoms with van der Waals surface area (Å²) >= 11 is 0. The average molecular weight is 279 g/mol. The van der Waals surface area contributed by atoms with E-state index in [-0.39, 0.29) is 5.76 Å². The van der Waals surface area contributed by atoms with Crippen LogP contribution >= 0.6 is 0 Å². The molecule has 1 heterocycles. The topological polar surface area (TPSA) is 62.5 Å². The molecular weight excluding hydrogens is 254 g/mol. The van der Waals surface area contributed by atoms with Gasteiger partial charge in [-0.15, -0.1) is 0 Å². The molecule has 4 nitrogen and oxygen atoms in total. The van der Waals surface area contributed by atoms with Gasteiger partial charge in [0.15, 0.2) is 0 Å². The van der Waals surface area contributed by atoms with Gasteiger partial charge in [0.2, 0.25) is 5.76 Å². The molecule has 0 spiro atoms. The zero-order valence-electron chi connectivity index (χ0n) is 12.4. The van der Waals surface area contributed by atoms with Crippen LogP contribution in [-0.4, -0.2) is 17.1 Å². The Hall–Kier alpha value is -1.29. The molecule has 0 bridgehead atoms. The first kappa shape index (κ1) is 15.1. The average Bonchev–Trinajstić information content (AvgIpc) is 2.82. The van der Waals surface area contributed by atoms with Gasteiger partial charge in [-0.3, -0.25) is 0 Å². The highest BCUT2D eigenvalue weighted by Gasteiger charge is 2.22. The van der Waals surface area contributed by atoms with Crippen LogP contribution in [0.1, 0.15) is 67.3 Å². The fourth-order valence-electron chi connectivity index (χ4n) is 3.26. The molecule has 1 aliphatic rings. The van der Waals surface area contributed by atoms with Crippen LogP contribution in [0.5, 0.6) is 0 Å². The second-order valence-electron chi connectivity index (χ2n) is 5.82. The fraction of sp³-hybridized carbons (Fsp3) is 0.688. The van der Waals surface area contributed by atoms with Crippen LogP contribution in [0.25, 0.3) is 0 Å². The van der Waals surface area contributed by atoms with Crippen molar-refractivity contribution in [1.82, 2.24) is 5.32 Å². The first-order valence-corrected chi connectivity index (χ1v) is 7.67. The van der Waals surface area contributed by atoms with Crippen molar-refractivity contribution in [3.05, 3.63) is 23.2 Å². The van der Waals surface area contributed by atoms with Crippen molar-refractivity contribution in [3.8, 4) is 0 Å². The summed E-state index contributed by atoms with van der Waals surface area (Å²) in [5.41, 5.74) is 0.694. The highest BCUT2D eigenvalue weighted by molar-refractivity contribution is 5.86. The molecule has 1 fully saturated rings. The number of carboxylic acid groups (broad SMARTS) is 1. The third-order valence-corrected chi connectivity index (χ3v) is 4.36. The zero-order valence-corrected chi connectivity index (χ0v) is 12.4. The number of furan rings is 1. The van der Waals surface area contributed by atoms with Gasteiger partial charge in [-0.05, 0) is 38.2 Å². The van der Waals surface area contributed by atoms with Crippen LogP contribution in [0.4, 0.5) is 0 Å². The Balaban J connectivity index is 1.92. The minimum Gasteiger partial charge on any atom is -0.475 e. The number of hydrogen-bond donors (Lipinski definition) is 2. The van der Waals surface area contributed by atoms with E-state index in [0.29, 0.717) is 23.9 Å². The van der Waals surface area contributed by atoms with E-state index in [4.69, 9.17) is 9.52 Å². The van der Waals surface area contributed by atoms with Crippen molar-refractivity contribution in [1.29, 1.82) is 0 Å². The van der Waals surface area contributed by atoms with Gasteiger partial charge < -0.3 is 14.8 Å². The quantitative estimate of drug-likeness (QED) is 0.832. The number of hydrogen-bond acceptors (Lipinski definition) is 3. The number of aryl methyl sites for hydroxylation is 1. The lowest BCUT2D eigenvalue weighted by atomic mass is 9.83. The lowest BCUT2D eigenvalue weighted by Crippen LogP contribution is -2.36. The Morgan fingerprint density at radius 2 is 2.15 bits per heavy atom. The van der Waals surface area contributed by atoms with Crippen molar-refractivity contribution < 1.29 is 14.3 Å². The molecule has 1 aliphatic carbocycles. The van der Waals surface area contributed by atoms with Crippen LogP contribution < -0.4 is 5.32 Å². The van der Waals surface area contributed by atoms with E-state index >= 15 is 0 Å². The van der Waals surface area contributed by atoms with Gasteiger partial charge in [-0.25, -0.2) is 4.79 Å². The maximum Gasteiger partial charge on any atom is 0.372 e. The second kappa shape index (κ2) is 6.93. The number of carbonyl (C=O) groups is 1. The smallest absolute Gasteiger partial charge is 0.372 e. The minimum absolute atomic E-state index is 0.0625. The molecule has 0 aromatic carbocycles. The highest BCUT2D eigenvalue weighted by atomic mass is 16.4. The third-order valence-electron chi connectivity index (χ3n) is 4.36. The molecule has 1 aromatic rings. The second-order valence-corrected chi connectivity index (χ2v) is 5.82. The predicted molar refractivity (Wildman–Crippen MR) is 77.9 cm³/mol. The first-order valence-electron chi connectivity index (χ1n) is 7.67. The number of rotatable bonds is 6. The summed E-state index contributed by atoms with van der Waals surface area (Å²) in [6.07, 6.45) is 7.77. The molecule has 2 rings (SSSR count). The number of aromatic carboxylic acids is 1. The largest absolute Gasteiger partial charge is 0.475 e. The van der Waals surface area contributed by atoms with Crippen molar-refractivity contribution in [3.63, 3.8) is 0 Å². The van der Waals surface area contributed by atoms with Gasteiger partial charge in [-0.2, -0.15) is 0 Å². The van der Waals surface area contributed by atoms with Crippen LogP contribution in [-0.2, 0) is 6.54 Å². The van der Waals surface area contributed by atoms with Crippen LogP contribution in [0, 0.1) is 12.8 Å². The Bertz CT molecular complexity index is 447. The van der Waals surface area contributed by atoms with Gasteiger partial charge in [-0.1, -0.05) is 26.2 Å². The lowest BCUT2D eigenvalue weighted by molar-refractivity contribution is 0.0659. The summed E-state index contributed by atoms with van der Waals surface area (Å²) in [5, 5.41) is 12.5. The van der Waals surface area contributed by atoms with E-state index in [1.807, 2.05) is 6.07 Å². The Morgan fingerprint density at radius 3 is 2.70 bits per heavy atom. The SMILES string of the molecule is CCC(NCc1cc(C)c(C(=O)O)o1)C1CCCCC1. The van der Waals surface area contributed by atoms with Crippen molar-refractivity contribution in [2.24, 2.45) is 5.92 Å². The predicted octanol–water partition coefficient (Wildman–Crippen LogP) is 3.73. The molecule has 1 unspecified atom stereocenters. The van der Waals surface area contributed by atoms with Crippen LogP contribution in [0.15, 0.2) is 10.5 Å². The number of nitrogens with one attached hydrogen (secondary N) is 1. The molecule has 0 aliphatic heterocycles. The summed E-state index contributed by atoms with van der Waals surface area (Å²) in [4.78, 5) is 11.0. The maximum absolute atomic E-state index is 11.0. The molecule has 1 atom stereocenters. The molecular formula is C16H25NO3. The molecule has 0 radical (unpaired) electrons. The van der Waals surface area contributed by atoms with Crippen molar-refractivity contribution in [2.75, 3.05) is 0 Å². The van der Waals surface area contributed by atoms with Crippen molar-refractivity contribution in [2.45, 2.75) is 65.0 Å². The fourth-order valence-corrected chi connectivity index (χ4v) is 3.26. The van der Waals surface area contributed by atoms with E-state index in [9.17, 15) is 4.79 Å². The van der Waals surface area contributed by atoms with Gasteiger partial charge in [0, 0.05) is 11.6 Å². The normalized spacial score (nSPS) is 18.1. The Kier molecular flexibility index (Phi) is 5.24. The molecule has 20 heavy (non-hydrogen) atoms. The summed E-state index contributed by atoms with van der Waals surface area (Å²) in [7, 11) is 0. The van der Waals surface area contributed by atoms with E-state index in [1.165, 1.54) is 32.1 Å². The molecule has 0 saturated heterocycles. The zero-order chi connectivity index (χ0) is 14.5. The maximum atomic E-state index is 11.0. The van der Waals surface area contributed by atoms with Gasteiger partial charge in [0.05, 0.1) is 6.54 Å². The van der Waals surface area contributed by atoms with E-state index in [1.54, 1.807) is 6.92 Å². The van der Waals surface area contributed by atoms with Gasteiger partial charge in [0.1, 0.15) is 5.76 Å². The Morgan fingerprint density at radius 1 is 1.45 bits per heavy atom. The molecule has 1 aromatic heterocycles. The van der Waals surface area contributed by atoms with Crippen LogP contribution in [0.3, 0.4) is 0 Å². The molecule has 4 heteroatoms. The third kappa shape index (κ3) is 3.63. The molecule has 2 N–H and O–H groups in total. The lowest BCUT2D eigenvalue weighted by Gasteiger charge is -2.30. The van der Waals surface area contributed by atoms with Gasteiger partial charge in [0.25, 0.3) is 0 Å². The summed E-state index contributed by atoms with van der Waals surface area (Å²) in [5.74, 6) is 0.540. The van der Waals surface area contributed by atoms with E-state index < -0.39 is 5.97 Å². The molecule has 0 amide bonds. The highest BCUT2D eigenvalue weighted by Crippen LogP contribution is 2.28.